The number of benzene rings is 2. The first-order valence-electron chi connectivity index (χ1n) is 10.7. The molecule has 29 heavy (non-hydrogen) atoms. The molecule has 0 aliphatic heterocycles. The smallest absolute Gasteiger partial charge is 0.307 e. The van der Waals surface area contributed by atoms with Gasteiger partial charge in [0.05, 0.1) is 13.0 Å². The summed E-state index contributed by atoms with van der Waals surface area (Å²) in [6, 6.07) is 20.0. The van der Waals surface area contributed by atoms with Crippen molar-refractivity contribution in [3.05, 3.63) is 71.4 Å². The zero-order chi connectivity index (χ0) is 20.2. The molecule has 2 atom stereocenters. The average Bonchev–Trinajstić information content (AvgIpc) is 3.06. The van der Waals surface area contributed by atoms with Gasteiger partial charge in [-0.3, -0.25) is 4.79 Å². The molecule has 1 aromatic heterocycles. The van der Waals surface area contributed by atoms with Crippen molar-refractivity contribution in [3.8, 4) is 0 Å². The molecule has 0 spiro atoms. The highest BCUT2D eigenvalue weighted by atomic mass is 16.5. The number of para-hydroxylation sites is 1. The molecule has 0 saturated carbocycles. The van der Waals surface area contributed by atoms with Gasteiger partial charge in [-0.25, -0.2) is 0 Å². The van der Waals surface area contributed by atoms with Crippen LogP contribution in [0, 0.1) is 0 Å². The fourth-order valence-corrected chi connectivity index (χ4v) is 4.63. The maximum Gasteiger partial charge on any atom is 0.307 e. The molecule has 0 radical (unpaired) electrons. The number of fused-ring (bicyclic) bond motifs is 3. The summed E-state index contributed by atoms with van der Waals surface area (Å²) in [6.07, 6.45) is 3.59. The Morgan fingerprint density at radius 2 is 1.93 bits per heavy atom. The molecule has 1 unspecified atom stereocenters. The summed E-state index contributed by atoms with van der Waals surface area (Å²) in [5, 5.41) is 5.16. The standard InChI is InChI=1S/C25H30N2O2/c1-3-29-25(28)15-16-27-23-12-8-7-11-21(23)22-17-20(13-14-24(22)27)26-18(2)19-9-5-4-6-10-19/h4-12,18,20,26H,3,13-17H2,1-2H3/t18?,20-/m1/s1. The van der Waals surface area contributed by atoms with E-state index >= 15 is 0 Å². The Labute approximate surface area is 172 Å². The van der Waals surface area contributed by atoms with Crippen LogP contribution in [0.4, 0.5) is 0 Å². The number of aromatic nitrogens is 1. The Hall–Kier alpha value is -2.59. The number of nitrogens with one attached hydrogen (secondary N) is 1. The average molecular weight is 391 g/mol. The Morgan fingerprint density at radius 3 is 2.72 bits per heavy atom. The minimum atomic E-state index is -0.119. The fraction of sp³-hybridized carbons (Fsp3) is 0.400. The molecular formula is C25H30N2O2. The minimum absolute atomic E-state index is 0.119. The summed E-state index contributed by atoms with van der Waals surface area (Å²) in [5.41, 5.74) is 5.39. The number of aryl methyl sites for hydroxylation is 1. The molecule has 1 N–H and O–H groups in total. The third kappa shape index (κ3) is 4.23. The summed E-state index contributed by atoms with van der Waals surface area (Å²) < 4.78 is 7.48. The van der Waals surface area contributed by atoms with Gasteiger partial charge in [0.15, 0.2) is 0 Å². The van der Waals surface area contributed by atoms with Crippen LogP contribution in [0.2, 0.25) is 0 Å². The lowest BCUT2D eigenvalue weighted by atomic mass is 9.90. The summed E-state index contributed by atoms with van der Waals surface area (Å²) in [5.74, 6) is -0.119. The van der Waals surface area contributed by atoms with E-state index in [-0.39, 0.29) is 5.97 Å². The summed E-state index contributed by atoms with van der Waals surface area (Å²) in [7, 11) is 0. The van der Waals surface area contributed by atoms with Gasteiger partial charge in [0, 0.05) is 35.2 Å². The van der Waals surface area contributed by atoms with E-state index in [0.29, 0.717) is 31.7 Å². The summed E-state index contributed by atoms with van der Waals surface area (Å²) >= 11 is 0. The van der Waals surface area contributed by atoms with Gasteiger partial charge in [0.1, 0.15) is 0 Å². The molecule has 1 heterocycles. The molecule has 4 heteroatoms. The van der Waals surface area contributed by atoms with Gasteiger partial charge in [-0.15, -0.1) is 0 Å². The van der Waals surface area contributed by atoms with Crippen molar-refractivity contribution >= 4 is 16.9 Å². The van der Waals surface area contributed by atoms with Crippen molar-refractivity contribution < 1.29 is 9.53 Å². The maximum atomic E-state index is 11.9. The van der Waals surface area contributed by atoms with E-state index in [4.69, 9.17) is 4.74 Å². The van der Waals surface area contributed by atoms with E-state index in [1.807, 2.05) is 6.92 Å². The van der Waals surface area contributed by atoms with Gasteiger partial charge in [-0.2, -0.15) is 0 Å². The molecule has 0 saturated heterocycles. The molecule has 0 amide bonds. The zero-order valence-electron chi connectivity index (χ0n) is 17.4. The third-order valence-electron chi connectivity index (χ3n) is 6.00. The number of carbonyl (C=O) groups excluding carboxylic acids is 1. The molecule has 0 fully saturated rings. The predicted octanol–water partition coefficient (Wildman–Crippen LogP) is 4.80. The Bertz CT molecular complexity index is 977. The normalized spacial score (nSPS) is 17.1. The molecule has 1 aliphatic rings. The Balaban J connectivity index is 1.55. The molecule has 152 valence electrons. The van der Waals surface area contributed by atoms with Crippen molar-refractivity contribution in [1.82, 2.24) is 9.88 Å². The fourth-order valence-electron chi connectivity index (χ4n) is 4.63. The van der Waals surface area contributed by atoms with Gasteiger partial charge in [-0.05, 0) is 50.3 Å². The minimum Gasteiger partial charge on any atom is -0.466 e. The lowest BCUT2D eigenvalue weighted by Crippen LogP contribution is -2.36. The highest BCUT2D eigenvalue weighted by Gasteiger charge is 2.26. The topological polar surface area (TPSA) is 43.3 Å². The van der Waals surface area contributed by atoms with E-state index in [2.05, 4.69) is 71.4 Å². The maximum absolute atomic E-state index is 11.9. The molecule has 2 aromatic carbocycles. The van der Waals surface area contributed by atoms with Crippen molar-refractivity contribution in [1.29, 1.82) is 0 Å². The van der Waals surface area contributed by atoms with Crippen LogP contribution in [0.15, 0.2) is 54.6 Å². The van der Waals surface area contributed by atoms with Gasteiger partial charge < -0.3 is 14.6 Å². The van der Waals surface area contributed by atoms with E-state index in [0.717, 1.165) is 19.3 Å². The highest BCUT2D eigenvalue weighted by molar-refractivity contribution is 5.86. The molecule has 1 aliphatic carbocycles. The second-order valence-corrected chi connectivity index (χ2v) is 7.89. The van der Waals surface area contributed by atoms with Gasteiger partial charge >= 0.3 is 5.97 Å². The van der Waals surface area contributed by atoms with Gasteiger partial charge in [0.2, 0.25) is 0 Å². The van der Waals surface area contributed by atoms with Gasteiger partial charge in [0.25, 0.3) is 0 Å². The highest BCUT2D eigenvalue weighted by Crippen LogP contribution is 2.33. The van der Waals surface area contributed by atoms with Crippen molar-refractivity contribution in [2.24, 2.45) is 0 Å². The zero-order valence-corrected chi connectivity index (χ0v) is 17.4. The van der Waals surface area contributed by atoms with Crippen molar-refractivity contribution in [2.75, 3.05) is 6.61 Å². The first-order chi connectivity index (χ1) is 14.2. The summed E-state index contributed by atoms with van der Waals surface area (Å²) in [4.78, 5) is 11.9. The van der Waals surface area contributed by atoms with Crippen LogP contribution in [-0.4, -0.2) is 23.2 Å². The largest absolute Gasteiger partial charge is 0.466 e. The van der Waals surface area contributed by atoms with E-state index < -0.39 is 0 Å². The lowest BCUT2D eigenvalue weighted by Gasteiger charge is -2.28. The predicted molar refractivity (Wildman–Crippen MR) is 117 cm³/mol. The van der Waals surface area contributed by atoms with Crippen LogP contribution < -0.4 is 5.32 Å². The van der Waals surface area contributed by atoms with E-state index in [1.54, 1.807) is 0 Å². The Morgan fingerprint density at radius 1 is 1.17 bits per heavy atom. The van der Waals surface area contributed by atoms with E-state index in [1.165, 1.54) is 27.7 Å². The molecule has 3 aromatic rings. The summed E-state index contributed by atoms with van der Waals surface area (Å²) in [6.45, 7) is 5.23. The number of rotatable bonds is 7. The molecule has 4 rings (SSSR count). The number of hydrogen-bond donors (Lipinski definition) is 1. The number of esters is 1. The quantitative estimate of drug-likeness (QED) is 0.589. The number of hydrogen-bond acceptors (Lipinski definition) is 3. The van der Waals surface area contributed by atoms with Crippen LogP contribution >= 0.6 is 0 Å². The van der Waals surface area contributed by atoms with Crippen LogP contribution in [0.3, 0.4) is 0 Å². The first-order valence-corrected chi connectivity index (χ1v) is 10.7. The van der Waals surface area contributed by atoms with Crippen LogP contribution in [0.5, 0.6) is 0 Å². The first kappa shape index (κ1) is 19.7. The molecular weight excluding hydrogens is 360 g/mol. The number of carbonyl (C=O) groups is 1. The van der Waals surface area contributed by atoms with Crippen molar-refractivity contribution in [2.45, 2.75) is 58.2 Å². The monoisotopic (exact) mass is 390 g/mol. The number of ether oxygens (including phenoxy) is 1. The van der Waals surface area contributed by atoms with E-state index in [9.17, 15) is 4.79 Å². The van der Waals surface area contributed by atoms with Crippen LogP contribution in [0.25, 0.3) is 10.9 Å². The SMILES string of the molecule is CCOC(=O)CCn1c2c(c3ccccc31)C[C@H](NC(C)c1ccccc1)CC2. The molecule has 4 nitrogen and oxygen atoms in total. The molecule has 0 bridgehead atoms. The number of nitrogens with zero attached hydrogens (tertiary/aromatic N) is 1. The second kappa shape index (κ2) is 8.83. The van der Waals surface area contributed by atoms with Crippen LogP contribution in [-0.2, 0) is 28.9 Å². The third-order valence-corrected chi connectivity index (χ3v) is 6.00. The second-order valence-electron chi connectivity index (χ2n) is 7.89. The van der Waals surface area contributed by atoms with Crippen LogP contribution in [0.1, 0.15) is 49.6 Å². The van der Waals surface area contributed by atoms with Gasteiger partial charge in [-0.1, -0.05) is 48.5 Å². The Kier molecular flexibility index (Phi) is 6.00. The van der Waals surface area contributed by atoms with Crippen molar-refractivity contribution in [3.63, 3.8) is 0 Å². The lowest BCUT2D eigenvalue weighted by molar-refractivity contribution is -0.143.